The number of nitrogens with zero attached hydrogens (tertiary/aromatic N) is 2. The van der Waals surface area contributed by atoms with E-state index in [4.69, 9.17) is 18.0 Å². The Balaban J connectivity index is 2.75. The molecular formula is C11H15N3S. The normalized spacial score (nSPS) is 10.9. The van der Waals surface area contributed by atoms with Crippen LogP contribution in [0.15, 0.2) is 35.4 Å². The first-order valence-electron chi connectivity index (χ1n) is 4.79. The van der Waals surface area contributed by atoms with Crippen LogP contribution in [0.25, 0.3) is 0 Å². The number of thiocarbonyl (C=S) groups is 1. The molecule has 0 aliphatic heterocycles. The fourth-order valence-corrected chi connectivity index (χ4v) is 1.37. The molecule has 4 heteroatoms. The fraction of sp³-hybridized carbons (Fsp3) is 0.273. The van der Waals surface area contributed by atoms with Gasteiger partial charge in [-0.15, -0.1) is 0 Å². The standard InChI is InChI=1S/C11H15N3S/c1-9(2)14(11(12)15)13-8-10-6-4-3-5-7-10/h3-9H,1-2H3,(H2,12,15). The predicted octanol–water partition coefficient (Wildman–Crippen LogP) is 1.97. The van der Waals surface area contributed by atoms with Crippen LogP contribution in [0.2, 0.25) is 0 Å². The molecule has 0 radical (unpaired) electrons. The van der Waals surface area contributed by atoms with Crippen molar-refractivity contribution in [1.29, 1.82) is 0 Å². The molecule has 0 aromatic heterocycles. The number of hydrazone groups is 1. The molecule has 80 valence electrons. The van der Waals surface area contributed by atoms with Gasteiger partial charge >= 0.3 is 0 Å². The highest BCUT2D eigenvalue weighted by atomic mass is 32.1. The van der Waals surface area contributed by atoms with E-state index >= 15 is 0 Å². The first kappa shape index (κ1) is 11.7. The third-order valence-corrected chi connectivity index (χ3v) is 2.03. The average Bonchev–Trinajstić information content (AvgIpc) is 2.18. The average molecular weight is 221 g/mol. The summed E-state index contributed by atoms with van der Waals surface area (Å²) in [6.45, 7) is 3.98. The lowest BCUT2D eigenvalue weighted by Gasteiger charge is -2.20. The van der Waals surface area contributed by atoms with Crippen LogP contribution < -0.4 is 5.73 Å². The molecule has 0 amide bonds. The Hall–Kier alpha value is -1.42. The molecule has 0 unspecified atom stereocenters. The minimum atomic E-state index is 0.169. The van der Waals surface area contributed by atoms with Gasteiger partial charge in [-0.25, -0.2) is 5.01 Å². The number of rotatable bonds is 3. The highest BCUT2D eigenvalue weighted by Gasteiger charge is 2.07. The number of nitrogens with two attached hydrogens (primary N) is 1. The van der Waals surface area contributed by atoms with Crippen molar-refractivity contribution < 1.29 is 0 Å². The highest BCUT2D eigenvalue weighted by molar-refractivity contribution is 7.80. The number of hydrogen-bond donors (Lipinski definition) is 1. The van der Waals surface area contributed by atoms with Crippen LogP contribution in [-0.4, -0.2) is 22.4 Å². The molecule has 1 aromatic carbocycles. The maximum atomic E-state index is 5.55. The van der Waals surface area contributed by atoms with Crippen molar-refractivity contribution in [2.75, 3.05) is 0 Å². The van der Waals surface area contributed by atoms with E-state index in [0.717, 1.165) is 5.56 Å². The van der Waals surface area contributed by atoms with E-state index in [9.17, 15) is 0 Å². The lowest BCUT2D eigenvalue weighted by Crippen LogP contribution is -2.36. The molecule has 0 fully saturated rings. The van der Waals surface area contributed by atoms with Gasteiger partial charge in [-0.05, 0) is 31.6 Å². The topological polar surface area (TPSA) is 41.6 Å². The Morgan fingerprint density at radius 1 is 1.40 bits per heavy atom. The van der Waals surface area contributed by atoms with Gasteiger partial charge in [0.15, 0.2) is 5.11 Å². The Kier molecular flexibility index (Phi) is 4.24. The van der Waals surface area contributed by atoms with Gasteiger partial charge in [0, 0.05) is 6.04 Å². The van der Waals surface area contributed by atoms with E-state index in [-0.39, 0.29) is 11.2 Å². The molecule has 15 heavy (non-hydrogen) atoms. The van der Waals surface area contributed by atoms with Crippen molar-refractivity contribution in [2.45, 2.75) is 19.9 Å². The lowest BCUT2D eigenvalue weighted by molar-refractivity contribution is 0.373. The van der Waals surface area contributed by atoms with Gasteiger partial charge in [-0.3, -0.25) is 0 Å². The second-order valence-electron chi connectivity index (χ2n) is 3.43. The summed E-state index contributed by atoms with van der Waals surface area (Å²) >= 11 is 4.90. The van der Waals surface area contributed by atoms with Crippen molar-refractivity contribution >= 4 is 23.5 Å². The highest BCUT2D eigenvalue weighted by Crippen LogP contribution is 2.00. The molecule has 0 atom stereocenters. The zero-order valence-corrected chi connectivity index (χ0v) is 9.74. The third kappa shape index (κ3) is 3.67. The van der Waals surface area contributed by atoms with E-state index in [1.165, 1.54) is 0 Å². The van der Waals surface area contributed by atoms with E-state index in [0.29, 0.717) is 0 Å². The summed E-state index contributed by atoms with van der Waals surface area (Å²) in [5, 5.41) is 6.14. The zero-order chi connectivity index (χ0) is 11.3. The molecule has 1 aromatic rings. The van der Waals surface area contributed by atoms with Crippen molar-refractivity contribution in [3.8, 4) is 0 Å². The molecule has 0 heterocycles. The van der Waals surface area contributed by atoms with Crippen molar-refractivity contribution in [3.63, 3.8) is 0 Å². The molecule has 0 saturated heterocycles. The quantitative estimate of drug-likeness (QED) is 0.482. The van der Waals surface area contributed by atoms with Gasteiger partial charge in [0.1, 0.15) is 0 Å². The summed E-state index contributed by atoms with van der Waals surface area (Å²) in [4.78, 5) is 0. The summed E-state index contributed by atoms with van der Waals surface area (Å²) < 4.78 is 0. The molecule has 0 bridgehead atoms. The molecule has 2 N–H and O–H groups in total. The van der Waals surface area contributed by atoms with Gasteiger partial charge in [0.25, 0.3) is 0 Å². The Morgan fingerprint density at radius 3 is 2.47 bits per heavy atom. The van der Waals surface area contributed by atoms with Crippen LogP contribution >= 0.6 is 12.2 Å². The van der Waals surface area contributed by atoms with Crippen molar-refractivity contribution in [1.82, 2.24) is 5.01 Å². The predicted molar refractivity (Wildman–Crippen MR) is 67.8 cm³/mol. The lowest BCUT2D eigenvalue weighted by atomic mass is 10.2. The van der Waals surface area contributed by atoms with Crippen LogP contribution in [-0.2, 0) is 0 Å². The minimum Gasteiger partial charge on any atom is -0.375 e. The third-order valence-electron chi connectivity index (χ3n) is 1.85. The second kappa shape index (κ2) is 5.46. The van der Waals surface area contributed by atoms with Crippen molar-refractivity contribution in [3.05, 3.63) is 35.9 Å². The maximum absolute atomic E-state index is 5.55. The number of benzene rings is 1. The number of hydrogen-bond acceptors (Lipinski definition) is 2. The SMILES string of the molecule is CC(C)N(N=Cc1ccccc1)C(N)=S. The Labute approximate surface area is 95.6 Å². The monoisotopic (exact) mass is 221 g/mol. The first-order valence-corrected chi connectivity index (χ1v) is 5.20. The smallest absolute Gasteiger partial charge is 0.187 e. The van der Waals surface area contributed by atoms with E-state index in [1.807, 2.05) is 44.2 Å². The van der Waals surface area contributed by atoms with Gasteiger partial charge in [-0.1, -0.05) is 30.3 Å². The van der Waals surface area contributed by atoms with Crippen LogP contribution in [0.3, 0.4) is 0 Å². The minimum absolute atomic E-state index is 0.169. The molecule has 3 nitrogen and oxygen atoms in total. The molecular weight excluding hydrogens is 206 g/mol. The fourth-order valence-electron chi connectivity index (χ4n) is 1.11. The van der Waals surface area contributed by atoms with E-state index in [2.05, 4.69) is 5.10 Å². The molecule has 0 aliphatic rings. The van der Waals surface area contributed by atoms with E-state index in [1.54, 1.807) is 11.2 Å². The second-order valence-corrected chi connectivity index (χ2v) is 3.85. The molecule has 0 saturated carbocycles. The van der Waals surface area contributed by atoms with Crippen molar-refractivity contribution in [2.24, 2.45) is 10.8 Å². The van der Waals surface area contributed by atoms with E-state index < -0.39 is 0 Å². The Morgan fingerprint density at radius 2 is 2.00 bits per heavy atom. The summed E-state index contributed by atoms with van der Waals surface area (Å²) in [5.74, 6) is 0. The van der Waals surface area contributed by atoms with Gasteiger partial charge < -0.3 is 5.73 Å². The first-order chi connectivity index (χ1) is 7.11. The largest absolute Gasteiger partial charge is 0.375 e. The summed E-state index contributed by atoms with van der Waals surface area (Å²) in [5.41, 5.74) is 6.57. The van der Waals surface area contributed by atoms with Gasteiger partial charge in [0.2, 0.25) is 0 Å². The summed E-state index contributed by atoms with van der Waals surface area (Å²) in [6, 6.07) is 10.0. The maximum Gasteiger partial charge on any atom is 0.187 e. The van der Waals surface area contributed by atoms with Crippen LogP contribution in [0.1, 0.15) is 19.4 Å². The van der Waals surface area contributed by atoms with Gasteiger partial charge in [-0.2, -0.15) is 5.10 Å². The van der Waals surface area contributed by atoms with Gasteiger partial charge in [0.05, 0.1) is 6.21 Å². The van der Waals surface area contributed by atoms with Crippen LogP contribution in [0.5, 0.6) is 0 Å². The van der Waals surface area contributed by atoms with Crippen LogP contribution in [0, 0.1) is 0 Å². The molecule has 1 rings (SSSR count). The zero-order valence-electron chi connectivity index (χ0n) is 8.92. The summed E-state index contributed by atoms with van der Waals surface area (Å²) in [6.07, 6.45) is 1.75. The van der Waals surface area contributed by atoms with Crippen LogP contribution in [0.4, 0.5) is 0 Å². The molecule has 0 aliphatic carbocycles. The molecule has 0 spiro atoms. The summed E-state index contributed by atoms with van der Waals surface area (Å²) in [7, 11) is 0. The Bertz CT molecular complexity index is 346.